The average Bonchev–Trinajstić information content (AvgIpc) is 2.88. The third-order valence-corrected chi connectivity index (χ3v) is 3.69. The van der Waals surface area contributed by atoms with Crippen molar-refractivity contribution in [3.05, 3.63) is 22.7 Å². The highest BCUT2D eigenvalue weighted by atomic mass is 79.9. The number of nitrogens with one attached hydrogen (secondary N) is 1. The molecule has 1 aliphatic heterocycles. The van der Waals surface area contributed by atoms with Gasteiger partial charge >= 0.3 is 0 Å². The maximum atomic E-state index is 5.75. The highest BCUT2D eigenvalue weighted by Crippen LogP contribution is 2.25. The summed E-state index contributed by atoms with van der Waals surface area (Å²) in [6, 6.07) is 5.89. The molecule has 1 atom stereocenters. The lowest BCUT2D eigenvalue weighted by Crippen LogP contribution is -2.19. The predicted octanol–water partition coefficient (Wildman–Crippen LogP) is 2.57. The molecule has 1 aromatic heterocycles. The summed E-state index contributed by atoms with van der Waals surface area (Å²) < 4.78 is 6.57. The van der Waals surface area contributed by atoms with E-state index >= 15 is 0 Å². The molecule has 3 N–H and O–H groups in total. The number of nitrogen functional groups attached to an aromatic ring is 1. The van der Waals surface area contributed by atoms with E-state index in [1.54, 1.807) is 0 Å². The predicted molar refractivity (Wildman–Crippen MR) is 79.1 cm³/mol. The summed E-state index contributed by atoms with van der Waals surface area (Å²) in [6.45, 7) is 1.60. The largest absolute Gasteiger partial charge is 0.376 e. The number of anilines is 2. The molecule has 0 spiro atoms. The molecule has 1 saturated heterocycles. The van der Waals surface area contributed by atoms with Crippen LogP contribution in [0, 0.1) is 0 Å². The van der Waals surface area contributed by atoms with Crippen LogP contribution in [0.15, 0.2) is 22.7 Å². The van der Waals surface area contributed by atoms with Crippen LogP contribution in [-0.4, -0.2) is 29.2 Å². The van der Waals surface area contributed by atoms with Crippen molar-refractivity contribution in [2.24, 2.45) is 0 Å². The lowest BCUT2D eigenvalue weighted by atomic mass is 10.2. The molecule has 0 amide bonds. The zero-order valence-corrected chi connectivity index (χ0v) is 12.0. The van der Waals surface area contributed by atoms with Crippen LogP contribution in [0.25, 0.3) is 10.9 Å². The van der Waals surface area contributed by atoms with Gasteiger partial charge in [0.25, 0.3) is 0 Å². The minimum absolute atomic E-state index is 0.265. The molecule has 100 valence electrons. The van der Waals surface area contributed by atoms with Gasteiger partial charge in [-0.05, 0) is 31.0 Å². The highest BCUT2D eigenvalue weighted by Gasteiger charge is 2.16. The summed E-state index contributed by atoms with van der Waals surface area (Å²) in [5, 5.41) is 4.29. The standard InChI is InChI=1S/C13H15BrN4O/c14-8-3-4-10-11(6-8)17-13(15)18-12(10)16-7-9-2-1-5-19-9/h3-4,6,9H,1-2,5,7H2,(H3,15,16,17,18)/t9-/m0/s1. The summed E-state index contributed by atoms with van der Waals surface area (Å²) in [5.41, 5.74) is 6.58. The number of hydrogen-bond donors (Lipinski definition) is 2. The monoisotopic (exact) mass is 322 g/mol. The zero-order chi connectivity index (χ0) is 13.2. The molecule has 0 saturated carbocycles. The van der Waals surface area contributed by atoms with Crippen molar-refractivity contribution >= 4 is 38.6 Å². The van der Waals surface area contributed by atoms with Gasteiger partial charge in [-0.2, -0.15) is 4.98 Å². The van der Waals surface area contributed by atoms with Gasteiger partial charge in [0.1, 0.15) is 5.82 Å². The molecule has 1 aromatic carbocycles. The second-order valence-corrected chi connectivity index (χ2v) is 5.52. The number of benzene rings is 1. The maximum absolute atomic E-state index is 5.75. The quantitative estimate of drug-likeness (QED) is 0.908. The fourth-order valence-electron chi connectivity index (χ4n) is 2.27. The second kappa shape index (κ2) is 5.30. The van der Waals surface area contributed by atoms with Gasteiger partial charge in [0.05, 0.1) is 11.6 Å². The van der Waals surface area contributed by atoms with Crippen LogP contribution >= 0.6 is 15.9 Å². The minimum Gasteiger partial charge on any atom is -0.376 e. The van der Waals surface area contributed by atoms with Crippen LogP contribution in [-0.2, 0) is 4.74 Å². The van der Waals surface area contributed by atoms with Gasteiger partial charge in [-0.3, -0.25) is 0 Å². The molecule has 1 aliphatic rings. The third-order valence-electron chi connectivity index (χ3n) is 3.20. The highest BCUT2D eigenvalue weighted by molar-refractivity contribution is 9.10. The Balaban J connectivity index is 1.88. The Bertz CT molecular complexity index is 593. The number of aromatic nitrogens is 2. The van der Waals surface area contributed by atoms with E-state index in [0.29, 0.717) is 0 Å². The number of fused-ring (bicyclic) bond motifs is 1. The van der Waals surface area contributed by atoms with Crippen LogP contribution in [0.2, 0.25) is 0 Å². The normalized spacial score (nSPS) is 18.9. The molecule has 19 heavy (non-hydrogen) atoms. The summed E-state index contributed by atoms with van der Waals surface area (Å²) in [5.74, 6) is 1.05. The van der Waals surface area contributed by atoms with Gasteiger partial charge in [0.2, 0.25) is 5.95 Å². The van der Waals surface area contributed by atoms with Gasteiger partial charge in [-0.1, -0.05) is 15.9 Å². The molecular weight excluding hydrogens is 308 g/mol. The van der Waals surface area contributed by atoms with Gasteiger partial charge < -0.3 is 15.8 Å². The van der Waals surface area contributed by atoms with Crippen molar-refractivity contribution in [2.45, 2.75) is 18.9 Å². The molecule has 5 nitrogen and oxygen atoms in total. The van der Waals surface area contributed by atoms with Gasteiger partial charge in [0, 0.05) is 23.0 Å². The smallest absolute Gasteiger partial charge is 0.222 e. The first kappa shape index (κ1) is 12.6. The number of ether oxygens (including phenoxy) is 1. The Morgan fingerprint density at radius 2 is 2.32 bits per heavy atom. The Labute approximate surface area is 119 Å². The maximum Gasteiger partial charge on any atom is 0.222 e. The van der Waals surface area contributed by atoms with Gasteiger partial charge in [-0.25, -0.2) is 4.98 Å². The van der Waals surface area contributed by atoms with Gasteiger partial charge in [0.15, 0.2) is 0 Å². The first-order valence-electron chi connectivity index (χ1n) is 6.30. The molecule has 3 rings (SSSR count). The molecule has 2 aromatic rings. The fourth-order valence-corrected chi connectivity index (χ4v) is 2.62. The first-order valence-corrected chi connectivity index (χ1v) is 7.10. The van der Waals surface area contributed by atoms with Crippen molar-refractivity contribution < 1.29 is 4.74 Å². The van der Waals surface area contributed by atoms with Crippen LogP contribution in [0.4, 0.5) is 11.8 Å². The van der Waals surface area contributed by atoms with E-state index < -0.39 is 0 Å². The molecule has 0 bridgehead atoms. The van der Waals surface area contributed by atoms with E-state index in [-0.39, 0.29) is 12.1 Å². The molecule has 6 heteroatoms. The van der Waals surface area contributed by atoms with Gasteiger partial charge in [-0.15, -0.1) is 0 Å². The Hall–Kier alpha value is -1.40. The number of rotatable bonds is 3. The van der Waals surface area contributed by atoms with Crippen LogP contribution in [0.1, 0.15) is 12.8 Å². The summed E-state index contributed by atoms with van der Waals surface area (Å²) in [4.78, 5) is 8.52. The van der Waals surface area contributed by atoms with E-state index in [9.17, 15) is 0 Å². The lowest BCUT2D eigenvalue weighted by molar-refractivity contribution is 0.120. The van der Waals surface area contributed by atoms with Crippen molar-refractivity contribution in [1.82, 2.24) is 9.97 Å². The molecule has 0 aliphatic carbocycles. The summed E-state index contributed by atoms with van der Waals surface area (Å²) in [6.07, 6.45) is 2.49. The van der Waals surface area contributed by atoms with Crippen LogP contribution in [0.3, 0.4) is 0 Å². The SMILES string of the molecule is Nc1nc(NC[C@@H]2CCCO2)c2ccc(Br)cc2n1. The van der Waals surface area contributed by atoms with Crippen LogP contribution in [0.5, 0.6) is 0 Å². The van der Waals surface area contributed by atoms with Crippen molar-refractivity contribution in [2.75, 3.05) is 24.2 Å². The molecule has 1 fully saturated rings. The number of halogens is 1. The average molecular weight is 323 g/mol. The lowest BCUT2D eigenvalue weighted by Gasteiger charge is -2.13. The Morgan fingerprint density at radius 3 is 3.11 bits per heavy atom. The topological polar surface area (TPSA) is 73.1 Å². The molecule has 0 unspecified atom stereocenters. The van der Waals surface area contributed by atoms with E-state index in [1.807, 2.05) is 18.2 Å². The Kier molecular flexibility index (Phi) is 3.52. The fraction of sp³-hybridized carbons (Fsp3) is 0.385. The summed E-state index contributed by atoms with van der Waals surface area (Å²) >= 11 is 3.43. The van der Waals surface area contributed by atoms with E-state index in [0.717, 1.165) is 47.2 Å². The number of nitrogens with two attached hydrogens (primary N) is 1. The zero-order valence-electron chi connectivity index (χ0n) is 10.4. The summed E-state index contributed by atoms with van der Waals surface area (Å²) in [7, 11) is 0. The number of hydrogen-bond acceptors (Lipinski definition) is 5. The third kappa shape index (κ3) is 2.79. The van der Waals surface area contributed by atoms with E-state index in [4.69, 9.17) is 10.5 Å². The van der Waals surface area contributed by atoms with Crippen LogP contribution < -0.4 is 11.1 Å². The van der Waals surface area contributed by atoms with E-state index in [1.165, 1.54) is 0 Å². The molecular formula is C13H15BrN4O. The minimum atomic E-state index is 0.265. The van der Waals surface area contributed by atoms with Crippen molar-refractivity contribution in [1.29, 1.82) is 0 Å². The Morgan fingerprint density at radius 1 is 1.42 bits per heavy atom. The molecule has 0 radical (unpaired) electrons. The van der Waals surface area contributed by atoms with Crippen molar-refractivity contribution in [3.8, 4) is 0 Å². The first-order chi connectivity index (χ1) is 9.22. The van der Waals surface area contributed by atoms with Crippen molar-refractivity contribution in [3.63, 3.8) is 0 Å². The second-order valence-electron chi connectivity index (χ2n) is 4.61. The number of nitrogens with zero attached hydrogens (tertiary/aromatic N) is 2. The van der Waals surface area contributed by atoms with E-state index in [2.05, 4.69) is 31.2 Å². The molecule has 2 heterocycles.